The Bertz CT molecular complexity index is 711. The van der Waals surface area contributed by atoms with Gasteiger partial charge in [0.25, 0.3) is 5.56 Å². The third-order valence-electron chi connectivity index (χ3n) is 2.80. The molecule has 0 fully saturated rings. The van der Waals surface area contributed by atoms with Crippen LogP contribution in [0, 0.1) is 0 Å². The lowest BCUT2D eigenvalue weighted by Crippen LogP contribution is -2.23. The van der Waals surface area contributed by atoms with E-state index in [9.17, 15) is 9.59 Å². The van der Waals surface area contributed by atoms with E-state index in [2.05, 4.69) is 15.0 Å². The van der Waals surface area contributed by atoms with Crippen molar-refractivity contribution in [1.82, 2.24) is 4.98 Å². The van der Waals surface area contributed by atoms with Crippen molar-refractivity contribution < 1.29 is 14.6 Å². The molecule has 0 aliphatic heterocycles. The van der Waals surface area contributed by atoms with Crippen molar-refractivity contribution in [3.8, 4) is 0 Å². The number of carbonyl (C=O) groups excluding carboxylic acids is 1. The van der Waals surface area contributed by atoms with Crippen LogP contribution in [0.15, 0.2) is 23.0 Å². The van der Waals surface area contributed by atoms with E-state index in [1.807, 2.05) is 0 Å². The highest BCUT2D eigenvalue weighted by molar-refractivity contribution is 6.35. The molecule has 7 heteroatoms. The molecule has 0 unspecified atom stereocenters. The van der Waals surface area contributed by atoms with Crippen LogP contribution < -0.4 is 10.9 Å². The SMILES string of the molecule is COC(=O)c1c(NCCO)c2cccc(Cl)c2[nH]c1=O. The first-order valence-electron chi connectivity index (χ1n) is 5.87. The van der Waals surface area contributed by atoms with Crippen molar-refractivity contribution in [2.45, 2.75) is 0 Å². The molecule has 0 amide bonds. The van der Waals surface area contributed by atoms with Gasteiger partial charge in [0, 0.05) is 11.9 Å². The molecule has 0 aliphatic rings. The summed E-state index contributed by atoms with van der Waals surface area (Å²) in [4.78, 5) is 26.4. The number of hydrogen-bond acceptors (Lipinski definition) is 5. The lowest BCUT2D eigenvalue weighted by atomic mass is 10.1. The van der Waals surface area contributed by atoms with Gasteiger partial charge in [0.2, 0.25) is 0 Å². The fraction of sp³-hybridized carbons (Fsp3) is 0.231. The first-order chi connectivity index (χ1) is 9.60. The number of anilines is 1. The van der Waals surface area contributed by atoms with Gasteiger partial charge in [-0.1, -0.05) is 23.7 Å². The van der Waals surface area contributed by atoms with Gasteiger partial charge in [-0.25, -0.2) is 4.79 Å². The van der Waals surface area contributed by atoms with E-state index in [1.165, 1.54) is 7.11 Å². The van der Waals surface area contributed by atoms with Gasteiger partial charge in [0.1, 0.15) is 5.56 Å². The summed E-state index contributed by atoms with van der Waals surface area (Å²) in [7, 11) is 1.19. The number of hydrogen-bond donors (Lipinski definition) is 3. The first kappa shape index (κ1) is 14.4. The summed E-state index contributed by atoms with van der Waals surface area (Å²) in [5, 5.41) is 12.7. The molecule has 0 spiro atoms. The number of nitrogens with one attached hydrogen (secondary N) is 2. The molecule has 1 heterocycles. The van der Waals surface area contributed by atoms with E-state index in [0.29, 0.717) is 21.6 Å². The molecule has 3 N–H and O–H groups in total. The zero-order valence-electron chi connectivity index (χ0n) is 10.7. The van der Waals surface area contributed by atoms with Crippen LogP contribution in [0.4, 0.5) is 5.69 Å². The van der Waals surface area contributed by atoms with Gasteiger partial charge in [-0.15, -0.1) is 0 Å². The number of ether oxygens (including phenoxy) is 1. The quantitative estimate of drug-likeness (QED) is 0.741. The summed E-state index contributed by atoms with van der Waals surface area (Å²) in [6.07, 6.45) is 0. The zero-order chi connectivity index (χ0) is 14.7. The maximum atomic E-state index is 12.1. The van der Waals surface area contributed by atoms with Crippen LogP contribution in [0.25, 0.3) is 10.9 Å². The van der Waals surface area contributed by atoms with Crippen molar-refractivity contribution in [3.63, 3.8) is 0 Å². The predicted molar refractivity (Wildman–Crippen MR) is 76.5 cm³/mol. The molecule has 20 heavy (non-hydrogen) atoms. The molecule has 2 rings (SSSR count). The Morgan fingerprint density at radius 2 is 2.25 bits per heavy atom. The minimum absolute atomic E-state index is 0.143. The average Bonchev–Trinajstić information content (AvgIpc) is 2.44. The zero-order valence-corrected chi connectivity index (χ0v) is 11.5. The molecular formula is C13H13ClN2O4. The minimum atomic E-state index is -0.756. The highest BCUT2D eigenvalue weighted by atomic mass is 35.5. The molecule has 6 nitrogen and oxygen atoms in total. The smallest absolute Gasteiger partial charge is 0.345 e. The number of H-pyrrole nitrogens is 1. The number of pyridine rings is 1. The number of halogens is 1. The van der Waals surface area contributed by atoms with Crippen molar-refractivity contribution in [2.24, 2.45) is 0 Å². The molecule has 0 atom stereocenters. The molecule has 1 aromatic carbocycles. The number of aromatic nitrogens is 1. The van der Waals surface area contributed by atoms with Gasteiger partial charge in [-0.3, -0.25) is 4.79 Å². The Morgan fingerprint density at radius 3 is 2.90 bits per heavy atom. The van der Waals surface area contributed by atoms with Crippen LogP contribution in [-0.2, 0) is 4.74 Å². The number of carbonyl (C=O) groups is 1. The van der Waals surface area contributed by atoms with Crippen LogP contribution >= 0.6 is 11.6 Å². The second-order valence-electron chi connectivity index (χ2n) is 4.01. The van der Waals surface area contributed by atoms with Crippen LogP contribution in [0.5, 0.6) is 0 Å². The molecule has 0 saturated carbocycles. The average molecular weight is 297 g/mol. The maximum absolute atomic E-state index is 12.1. The van der Waals surface area contributed by atoms with Crippen molar-refractivity contribution in [2.75, 3.05) is 25.6 Å². The second kappa shape index (κ2) is 5.94. The number of benzene rings is 1. The summed E-state index contributed by atoms with van der Waals surface area (Å²) in [6.45, 7) is 0.0462. The maximum Gasteiger partial charge on any atom is 0.345 e. The number of aliphatic hydroxyl groups excluding tert-OH is 1. The lowest BCUT2D eigenvalue weighted by Gasteiger charge is -2.13. The van der Waals surface area contributed by atoms with E-state index in [4.69, 9.17) is 16.7 Å². The highest BCUT2D eigenvalue weighted by Crippen LogP contribution is 2.28. The Hall–Kier alpha value is -2.05. The third kappa shape index (κ3) is 2.48. The highest BCUT2D eigenvalue weighted by Gasteiger charge is 2.20. The number of aromatic amines is 1. The van der Waals surface area contributed by atoms with E-state index in [0.717, 1.165) is 0 Å². The van der Waals surface area contributed by atoms with Crippen molar-refractivity contribution >= 4 is 34.2 Å². The van der Waals surface area contributed by atoms with Crippen molar-refractivity contribution in [1.29, 1.82) is 0 Å². The van der Waals surface area contributed by atoms with Gasteiger partial charge in [0.05, 0.1) is 29.9 Å². The monoisotopic (exact) mass is 296 g/mol. The largest absolute Gasteiger partial charge is 0.465 e. The van der Waals surface area contributed by atoms with Crippen LogP contribution in [0.2, 0.25) is 5.02 Å². The molecule has 0 saturated heterocycles. The van der Waals surface area contributed by atoms with E-state index >= 15 is 0 Å². The van der Waals surface area contributed by atoms with Gasteiger partial charge < -0.3 is 20.1 Å². The van der Waals surface area contributed by atoms with Gasteiger partial charge >= 0.3 is 5.97 Å². The Kier molecular flexibility index (Phi) is 4.26. The normalized spacial score (nSPS) is 10.6. The first-order valence-corrected chi connectivity index (χ1v) is 6.25. The summed E-state index contributed by atoms with van der Waals surface area (Å²) < 4.78 is 4.62. The summed E-state index contributed by atoms with van der Waals surface area (Å²) in [5.41, 5.74) is -0.0204. The topological polar surface area (TPSA) is 91.4 Å². The van der Waals surface area contributed by atoms with Crippen LogP contribution in [0.3, 0.4) is 0 Å². The lowest BCUT2D eigenvalue weighted by molar-refractivity contribution is 0.0600. The second-order valence-corrected chi connectivity index (χ2v) is 4.42. The number of rotatable bonds is 4. The summed E-state index contributed by atoms with van der Waals surface area (Å²) in [6, 6.07) is 5.05. The molecule has 0 bridgehead atoms. The van der Waals surface area contributed by atoms with E-state index in [1.54, 1.807) is 18.2 Å². The Morgan fingerprint density at radius 1 is 1.50 bits per heavy atom. The van der Waals surface area contributed by atoms with Gasteiger partial charge in [-0.05, 0) is 6.07 Å². The molecule has 0 aliphatic carbocycles. The van der Waals surface area contributed by atoms with Crippen LogP contribution in [0.1, 0.15) is 10.4 Å². The fourth-order valence-electron chi connectivity index (χ4n) is 1.95. The Labute approximate surface area is 119 Å². The minimum Gasteiger partial charge on any atom is -0.465 e. The molecular weight excluding hydrogens is 284 g/mol. The summed E-state index contributed by atoms with van der Waals surface area (Å²) in [5.74, 6) is -0.756. The van der Waals surface area contributed by atoms with Gasteiger partial charge in [0.15, 0.2) is 0 Å². The predicted octanol–water partition coefficient (Wildman–Crippen LogP) is 1.37. The number of para-hydroxylation sites is 1. The molecule has 0 radical (unpaired) electrons. The van der Waals surface area contributed by atoms with Crippen LogP contribution in [-0.4, -0.2) is 36.3 Å². The number of methoxy groups -OCH3 is 1. The molecule has 2 aromatic rings. The van der Waals surface area contributed by atoms with E-state index < -0.39 is 11.5 Å². The standard InChI is InChI=1S/C13H13ClN2O4/c1-20-13(19)9-11(15-5-6-17)7-3-2-4-8(14)10(7)16-12(9)18/h2-4,17H,5-6H2,1H3,(H2,15,16,18). The molecule has 1 aromatic heterocycles. The number of fused-ring (bicyclic) bond motifs is 1. The summed E-state index contributed by atoms with van der Waals surface area (Å²) >= 11 is 6.04. The number of esters is 1. The Balaban J connectivity index is 2.80. The third-order valence-corrected chi connectivity index (χ3v) is 3.12. The fourth-order valence-corrected chi connectivity index (χ4v) is 2.17. The van der Waals surface area contributed by atoms with Crippen molar-refractivity contribution in [3.05, 3.63) is 39.1 Å². The molecule has 106 valence electrons. The number of aliphatic hydroxyl groups is 1. The van der Waals surface area contributed by atoms with Gasteiger partial charge in [-0.2, -0.15) is 0 Å². The van der Waals surface area contributed by atoms with E-state index in [-0.39, 0.29) is 18.7 Å².